The van der Waals surface area contributed by atoms with Crippen molar-refractivity contribution in [1.29, 1.82) is 0 Å². The highest BCUT2D eigenvalue weighted by molar-refractivity contribution is 6.18. The van der Waals surface area contributed by atoms with Crippen molar-refractivity contribution < 1.29 is 9.63 Å². The van der Waals surface area contributed by atoms with Crippen LogP contribution in [0.25, 0.3) is 32.7 Å². The molecule has 0 spiro atoms. The van der Waals surface area contributed by atoms with E-state index in [1.807, 2.05) is 66.9 Å². The molecule has 5 aromatic rings. The number of carbonyl (C=O) groups is 1. The summed E-state index contributed by atoms with van der Waals surface area (Å²) >= 11 is 0. The minimum atomic E-state index is -0.561. The number of carbonyl (C=O) groups excluding carboxylic acids is 1. The molecule has 0 radical (unpaired) electrons. The Balaban J connectivity index is 1.46. The molecule has 8 nitrogen and oxygen atoms in total. The molecule has 0 aliphatic carbocycles. The van der Waals surface area contributed by atoms with E-state index in [9.17, 15) is 4.79 Å². The van der Waals surface area contributed by atoms with E-state index in [1.54, 1.807) is 6.33 Å². The molecule has 164 valence electrons. The fourth-order valence-corrected chi connectivity index (χ4v) is 4.71. The molecule has 1 unspecified atom stereocenters. The number of hydroxylamine groups is 2. The van der Waals surface area contributed by atoms with Crippen LogP contribution in [0.5, 0.6) is 0 Å². The van der Waals surface area contributed by atoms with Gasteiger partial charge < -0.3 is 5.73 Å². The second-order valence-electron chi connectivity index (χ2n) is 8.95. The monoisotopic (exact) mass is 438 g/mol. The van der Waals surface area contributed by atoms with Gasteiger partial charge in [-0.1, -0.05) is 48.5 Å². The first-order valence-electron chi connectivity index (χ1n) is 10.8. The molecule has 6 rings (SSSR count). The van der Waals surface area contributed by atoms with E-state index < -0.39 is 11.8 Å². The highest BCUT2D eigenvalue weighted by Gasteiger charge is 2.45. The van der Waals surface area contributed by atoms with Crippen molar-refractivity contribution in [1.82, 2.24) is 24.6 Å². The van der Waals surface area contributed by atoms with Crippen molar-refractivity contribution >= 4 is 44.4 Å². The van der Waals surface area contributed by atoms with E-state index >= 15 is 0 Å². The summed E-state index contributed by atoms with van der Waals surface area (Å²) in [5, 5.41) is 5.33. The molecule has 2 aromatic heterocycles. The Hall–Kier alpha value is -4.04. The maximum absolute atomic E-state index is 14.1. The normalized spacial score (nSPS) is 17.9. The summed E-state index contributed by atoms with van der Waals surface area (Å²) < 4.78 is 1.81. The van der Waals surface area contributed by atoms with Gasteiger partial charge in [0, 0.05) is 6.42 Å². The minimum Gasteiger partial charge on any atom is -0.382 e. The van der Waals surface area contributed by atoms with E-state index in [0.29, 0.717) is 29.0 Å². The molecule has 3 heterocycles. The van der Waals surface area contributed by atoms with Gasteiger partial charge in [-0.05, 0) is 41.5 Å². The fourth-order valence-electron chi connectivity index (χ4n) is 4.71. The molecule has 33 heavy (non-hydrogen) atoms. The van der Waals surface area contributed by atoms with Gasteiger partial charge >= 0.3 is 0 Å². The maximum atomic E-state index is 14.1. The summed E-state index contributed by atoms with van der Waals surface area (Å²) in [5.41, 5.74) is 7.12. The largest absolute Gasteiger partial charge is 0.382 e. The Morgan fingerprint density at radius 2 is 1.70 bits per heavy atom. The average molecular weight is 438 g/mol. The molecular weight excluding hydrogens is 416 g/mol. The van der Waals surface area contributed by atoms with Crippen molar-refractivity contribution in [2.45, 2.75) is 32.0 Å². The van der Waals surface area contributed by atoms with Crippen LogP contribution < -0.4 is 5.73 Å². The van der Waals surface area contributed by atoms with Crippen molar-refractivity contribution in [2.75, 3.05) is 5.73 Å². The number of hydrogen-bond donors (Lipinski definition) is 1. The van der Waals surface area contributed by atoms with Crippen LogP contribution in [-0.2, 0) is 4.84 Å². The molecule has 2 N–H and O–H groups in total. The Morgan fingerprint density at radius 3 is 2.39 bits per heavy atom. The zero-order chi connectivity index (χ0) is 22.7. The zero-order valence-electron chi connectivity index (χ0n) is 18.3. The molecule has 1 amide bonds. The number of anilines is 1. The van der Waals surface area contributed by atoms with E-state index in [0.717, 1.165) is 21.5 Å². The van der Waals surface area contributed by atoms with Gasteiger partial charge in [-0.2, -0.15) is 0 Å². The SMILES string of the molecule is CC1(C)CC(n2cnc3c(N)ncnc32)ON1C(=O)c1c2ccccc2cc2ccccc12. The molecule has 0 bridgehead atoms. The topological polar surface area (TPSA) is 99.2 Å². The molecule has 0 saturated carbocycles. The van der Waals surface area contributed by atoms with E-state index in [-0.39, 0.29) is 5.91 Å². The molecule has 1 atom stereocenters. The molecule has 1 aliphatic heterocycles. The lowest BCUT2D eigenvalue weighted by Gasteiger charge is -2.29. The van der Waals surface area contributed by atoms with Crippen LogP contribution in [-0.4, -0.2) is 36.0 Å². The van der Waals surface area contributed by atoms with Crippen LogP contribution in [0.4, 0.5) is 5.82 Å². The third kappa shape index (κ3) is 2.95. The average Bonchev–Trinajstić information content (AvgIpc) is 3.38. The standard InChI is InChI=1S/C25H22N6O2/c1-25(2)12-19(30-14-29-21-22(26)27-13-28-23(21)30)33-31(25)24(32)20-17-9-5-3-7-15(17)11-16-8-4-6-10-18(16)20/h3-11,13-14,19H,12H2,1-2H3,(H2,26,27,28). The molecule has 1 aliphatic rings. The number of nitrogens with two attached hydrogens (primary N) is 1. The van der Waals surface area contributed by atoms with Crippen LogP contribution in [0.15, 0.2) is 67.3 Å². The Morgan fingerprint density at radius 1 is 1.03 bits per heavy atom. The van der Waals surface area contributed by atoms with Crippen LogP contribution in [0.2, 0.25) is 0 Å². The lowest BCUT2D eigenvalue weighted by molar-refractivity contribution is -0.161. The van der Waals surface area contributed by atoms with Gasteiger partial charge in [-0.25, -0.2) is 24.9 Å². The first-order valence-corrected chi connectivity index (χ1v) is 10.8. The number of benzene rings is 3. The molecule has 1 fully saturated rings. The number of nitrogen functional groups attached to an aromatic ring is 1. The Kier molecular flexibility index (Phi) is 4.15. The van der Waals surface area contributed by atoms with Gasteiger partial charge in [0.05, 0.1) is 17.4 Å². The summed E-state index contributed by atoms with van der Waals surface area (Å²) in [5.74, 6) is 0.139. The van der Waals surface area contributed by atoms with E-state index in [2.05, 4.69) is 21.0 Å². The first-order chi connectivity index (χ1) is 15.9. The van der Waals surface area contributed by atoms with Gasteiger partial charge in [0.1, 0.15) is 11.8 Å². The van der Waals surface area contributed by atoms with Gasteiger partial charge in [0.2, 0.25) is 0 Å². The van der Waals surface area contributed by atoms with Crippen LogP contribution in [0, 0.1) is 0 Å². The number of amides is 1. The summed E-state index contributed by atoms with van der Waals surface area (Å²) in [7, 11) is 0. The number of imidazole rings is 1. The van der Waals surface area contributed by atoms with Crippen molar-refractivity contribution in [2.24, 2.45) is 0 Å². The smallest absolute Gasteiger partial charge is 0.279 e. The Labute approximate surface area is 189 Å². The van der Waals surface area contributed by atoms with Crippen molar-refractivity contribution in [3.63, 3.8) is 0 Å². The van der Waals surface area contributed by atoms with Crippen molar-refractivity contribution in [3.8, 4) is 0 Å². The number of aromatic nitrogens is 4. The molecule has 3 aromatic carbocycles. The third-order valence-electron chi connectivity index (χ3n) is 6.32. The lowest BCUT2D eigenvalue weighted by Crippen LogP contribution is -2.41. The lowest BCUT2D eigenvalue weighted by atomic mass is 9.94. The van der Waals surface area contributed by atoms with Crippen LogP contribution in [0.1, 0.15) is 36.9 Å². The summed E-state index contributed by atoms with van der Waals surface area (Å²) in [6.07, 6.45) is 3.15. The summed E-state index contributed by atoms with van der Waals surface area (Å²) in [6, 6.07) is 18.0. The highest BCUT2D eigenvalue weighted by Crippen LogP contribution is 2.41. The number of rotatable bonds is 2. The number of fused-ring (bicyclic) bond motifs is 3. The second-order valence-corrected chi connectivity index (χ2v) is 8.95. The summed E-state index contributed by atoms with van der Waals surface area (Å²) in [6.45, 7) is 4.00. The molecular formula is C25H22N6O2. The predicted molar refractivity (Wildman–Crippen MR) is 126 cm³/mol. The predicted octanol–water partition coefficient (Wildman–Crippen LogP) is 4.47. The number of hydrogen-bond acceptors (Lipinski definition) is 6. The van der Waals surface area contributed by atoms with Gasteiger partial charge in [0.25, 0.3) is 5.91 Å². The van der Waals surface area contributed by atoms with Gasteiger partial charge in [-0.3, -0.25) is 9.36 Å². The van der Waals surface area contributed by atoms with Crippen LogP contribution >= 0.6 is 0 Å². The second kappa shape index (κ2) is 6.98. The number of nitrogens with zero attached hydrogens (tertiary/aromatic N) is 5. The van der Waals surface area contributed by atoms with Crippen LogP contribution in [0.3, 0.4) is 0 Å². The zero-order valence-corrected chi connectivity index (χ0v) is 18.3. The Bertz CT molecular complexity index is 1500. The van der Waals surface area contributed by atoms with Crippen molar-refractivity contribution in [3.05, 3.63) is 72.8 Å². The highest BCUT2D eigenvalue weighted by atomic mass is 16.7. The van der Waals surface area contributed by atoms with Gasteiger partial charge in [-0.15, -0.1) is 0 Å². The quantitative estimate of drug-likeness (QED) is 0.408. The van der Waals surface area contributed by atoms with E-state index in [4.69, 9.17) is 10.6 Å². The molecule has 8 heteroatoms. The third-order valence-corrected chi connectivity index (χ3v) is 6.32. The van der Waals surface area contributed by atoms with Gasteiger partial charge in [0.15, 0.2) is 17.7 Å². The summed E-state index contributed by atoms with van der Waals surface area (Å²) in [4.78, 5) is 33.0. The minimum absolute atomic E-state index is 0.172. The van der Waals surface area contributed by atoms with E-state index in [1.165, 1.54) is 11.4 Å². The fraction of sp³-hybridized carbons (Fsp3) is 0.200. The maximum Gasteiger partial charge on any atom is 0.279 e. The first kappa shape index (κ1) is 19.6. The molecule has 1 saturated heterocycles.